The van der Waals surface area contributed by atoms with Gasteiger partial charge in [-0.3, -0.25) is 14.5 Å². The molecule has 1 aliphatic rings. The number of likely N-dealkylation sites (N-methyl/N-ethyl adjacent to an activating group) is 1. The van der Waals surface area contributed by atoms with E-state index in [-0.39, 0.29) is 12.5 Å². The monoisotopic (exact) mass is 405 g/mol. The van der Waals surface area contributed by atoms with E-state index in [2.05, 4.69) is 10.3 Å². The number of nitrogens with zero attached hydrogens (tertiary/aromatic N) is 2. The lowest BCUT2D eigenvalue weighted by Gasteiger charge is -2.43. The molecule has 162 valence electrons. The SMILES string of the molecule is CCN(C)C(CO)(C(N)=O)[C@H](CC1CCCCC1)C(=O)NCc1ccc(N)nc1. The van der Waals surface area contributed by atoms with Crippen LogP contribution in [-0.2, 0) is 16.1 Å². The predicted molar refractivity (Wildman–Crippen MR) is 112 cm³/mol. The summed E-state index contributed by atoms with van der Waals surface area (Å²) in [4.78, 5) is 31.6. The number of carbonyl (C=O) groups is 2. The summed E-state index contributed by atoms with van der Waals surface area (Å²) in [5.74, 6) is -0.934. The van der Waals surface area contributed by atoms with Crippen molar-refractivity contribution in [3.63, 3.8) is 0 Å². The Kier molecular flexibility index (Phi) is 8.40. The van der Waals surface area contributed by atoms with Crippen LogP contribution in [0.4, 0.5) is 5.82 Å². The van der Waals surface area contributed by atoms with Crippen LogP contribution in [-0.4, -0.2) is 52.5 Å². The zero-order valence-electron chi connectivity index (χ0n) is 17.6. The Morgan fingerprint density at radius 3 is 2.55 bits per heavy atom. The van der Waals surface area contributed by atoms with Crippen molar-refractivity contribution in [2.24, 2.45) is 17.6 Å². The van der Waals surface area contributed by atoms with Crippen molar-refractivity contribution in [1.82, 2.24) is 15.2 Å². The first-order valence-corrected chi connectivity index (χ1v) is 10.4. The van der Waals surface area contributed by atoms with Gasteiger partial charge in [0.05, 0.1) is 12.5 Å². The number of aromatic nitrogens is 1. The molecule has 0 saturated heterocycles. The maximum atomic E-state index is 13.3. The van der Waals surface area contributed by atoms with Crippen LogP contribution in [0.5, 0.6) is 0 Å². The van der Waals surface area contributed by atoms with Crippen molar-refractivity contribution >= 4 is 17.6 Å². The van der Waals surface area contributed by atoms with Crippen molar-refractivity contribution in [3.8, 4) is 0 Å². The minimum absolute atomic E-state index is 0.267. The number of amides is 2. The topological polar surface area (TPSA) is 135 Å². The first-order valence-electron chi connectivity index (χ1n) is 10.4. The Balaban J connectivity index is 2.27. The van der Waals surface area contributed by atoms with Crippen LogP contribution < -0.4 is 16.8 Å². The van der Waals surface area contributed by atoms with Crippen molar-refractivity contribution < 1.29 is 14.7 Å². The number of aliphatic hydroxyl groups excluding tert-OH is 1. The van der Waals surface area contributed by atoms with E-state index in [1.165, 1.54) is 6.42 Å². The van der Waals surface area contributed by atoms with E-state index < -0.39 is 24.0 Å². The molecule has 0 aromatic carbocycles. The first-order chi connectivity index (χ1) is 13.8. The van der Waals surface area contributed by atoms with Crippen molar-refractivity contribution in [1.29, 1.82) is 0 Å². The Morgan fingerprint density at radius 2 is 2.03 bits per heavy atom. The smallest absolute Gasteiger partial charge is 0.241 e. The summed E-state index contributed by atoms with van der Waals surface area (Å²) in [5, 5.41) is 13.2. The molecule has 1 unspecified atom stereocenters. The number of nitrogens with two attached hydrogens (primary N) is 2. The molecule has 1 aliphatic carbocycles. The highest BCUT2D eigenvalue weighted by Crippen LogP contribution is 2.35. The van der Waals surface area contributed by atoms with E-state index in [0.717, 1.165) is 31.2 Å². The van der Waals surface area contributed by atoms with Gasteiger partial charge in [-0.2, -0.15) is 0 Å². The lowest BCUT2D eigenvalue weighted by Crippen LogP contribution is -2.66. The summed E-state index contributed by atoms with van der Waals surface area (Å²) in [6, 6.07) is 3.47. The van der Waals surface area contributed by atoms with Crippen molar-refractivity contribution in [2.75, 3.05) is 25.9 Å². The lowest BCUT2D eigenvalue weighted by molar-refractivity contribution is -0.147. The largest absolute Gasteiger partial charge is 0.394 e. The average Bonchev–Trinajstić information content (AvgIpc) is 2.73. The number of pyridine rings is 1. The molecule has 0 spiro atoms. The maximum Gasteiger partial charge on any atom is 0.241 e. The Bertz CT molecular complexity index is 675. The molecular weight excluding hydrogens is 370 g/mol. The van der Waals surface area contributed by atoms with Gasteiger partial charge in [-0.1, -0.05) is 45.1 Å². The standard InChI is InChI=1S/C21H35N5O3/c1-3-26(2)21(14-27,20(23)29)17(11-15-7-5-4-6-8-15)19(28)25-13-16-9-10-18(22)24-12-16/h9-10,12,15,17,27H,3-8,11,13-14H2,1-2H3,(H2,22,24)(H2,23,29)(H,25,28)/t17-,21?/m1/s1. The number of nitrogen functional groups attached to an aromatic ring is 1. The molecule has 8 nitrogen and oxygen atoms in total. The number of hydrogen-bond donors (Lipinski definition) is 4. The predicted octanol–water partition coefficient (Wildman–Crippen LogP) is 1.03. The summed E-state index contributed by atoms with van der Waals surface area (Å²) in [5.41, 5.74) is 10.8. The molecule has 0 aliphatic heterocycles. The molecule has 0 radical (unpaired) electrons. The number of aliphatic hydroxyl groups is 1. The molecule has 1 heterocycles. The number of primary amides is 1. The fourth-order valence-corrected chi connectivity index (χ4v) is 4.34. The summed E-state index contributed by atoms with van der Waals surface area (Å²) < 4.78 is 0. The zero-order valence-corrected chi connectivity index (χ0v) is 17.6. The number of rotatable bonds is 10. The van der Waals surface area contributed by atoms with Crippen LogP contribution in [0.3, 0.4) is 0 Å². The Labute approximate surface area is 173 Å². The molecule has 1 aromatic rings. The summed E-state index contributed by atoms with van der Waals surface area (Å²) in [6.07, 6.45) is 7.65. The van der Waals surface area contributed by atoms with Crippen LogP contribution in [0.1, 0.15) is 51.0 Å². The average molecular weight is 406 g/mol. The third-order valence-corrected chi connectivity index (χ3v) is 6.32. The van der Waals surface area contributed by atoms with Gasteiger partial charge >= 0.3 is 0 Å². The molecule has 2 atom stereocenters. The number of anilines is 1. The van der Waals surface area contributed by atoms with Gasteiger partial charge in [0.15, 0.2) is 0 Å². The first kappa shape index (κ1) is 23.1. The van der Waals surface area contributed by atoms with Gasteiger partial charge in [0.25, 0.3) is 0 Å². The number of hydrogen-bond acceptors (Lipinski definition) is 6. The van der Waals surface area contributed by atoms with Gasteiger partial charge in [-0.25, -0.2) is 4.98 Å². The highest BCUT2D eigenvalue weighted by atomic mass is 16.3. The number of carbonyl (C=O) groups excluding carboxylic acids is 2. The van der Waals surface area contributed by atoms with Crippen LogP contribution in [0, 0.1) is 11.8 Å². The highest BCUT2D eigenvalue weighted by Gasteiger charge is 2.50. The molecule has 1 aromatic heterocycles. The number of nitrogens with one attached hydrogen (secondary N) is 1. The summed E-state index contributed by atoms with van der Waals surface area (Å²) in [7, 11) is 1.73. The van der Waals surface area contributed by atoms with E-state index in [4.69, 9.17) is 11.5 Å². The third kappa shape index (κ3) is 5.45. The molecule has 1 saturated carbocycles. The van der Waals surface area contributed by atoms with Crippen LogP contribution in [0.2, 0.25) is 0 Å². The van der Waals surface area contributed by atoms with E-state index >= 15 is 0 Å². The van der Waals surface area contributed by atoms with Crippen molar-refractivity contribution in [3.05, 3.63) is 23.9 Å². The highest BCUT2D eigenvalue weighted by molar-refractivity contribution is 5.93. The van der Waals surface area contributed by atoms with Crippen LogP contribution >= 0.6 is 0 Å². The molecule has 8 heteroatoms. The zero-order chi connectivity index (χ0) is 21.4. The molecule has 2 amide bonds. The summed E-state index contributed by atoms with van der Waals surface area (Å²) >= 11 is 0. The quantitative estimate of drug-likeness (QED) is 0.459. The molecule has 29 heavy (non-hydrogen) atoms. The lowest BCUT2D eigenvalue weighted by atomic mass is 9.73. The molecule has 1 fully saturated rings. The second-order valence-electron chi connectivity index (χ2n) is 8.06. The van der Waals surface area contributed by atoms with Crippen LogP contribution in [0.25, 0.3) is 0 Å². The normalized spacial score (nSPS) is 18.2. The molecule has 0 bridgehead atoms. The summed E-state index contributed by atoms with van der Waals surface area (Å²) in [6.45, 7) is 2.13. The fraction of sp³-hybridized carbons (Fsp3) is 0.667. The second kappa shape index (κ2) is 10.5. The Hall–Kier alpha value is -2.19. The van der Waals surface area contributed by atoms with E-state index in [1.807, 2.05) is 6.92 Å². The van der Waals surface area contributed by atoms with E-state index in [0.29, 0.717) is 24.7 Å². The van der Waals surface area contributed by atoms with Gasteiger partial charge in [0.2, 0.25) is 11.8 Å². The van der Waals surface area contributed by atoms with Crippen LogP contribution in [0.15, 0.2) is 18.3 Å². The molecule has 6 N–H and O–H groups in total. The molecule has 2 rings (SSSR count). The Morgan fingerprint density at radius 1 is 1.34 bits per heavy atom. The second-order valence-corrected chi connectivity index (χ2v) is 8.06. The minimum Gasteiger partial charge on any atom is -0.394 e. The van der Waals surface area contributed by atoms with Gasteiger partial charge < -0.3 is 21.9 Å². The fourth-order valence-electron chi connectivity index (χ4n) is 4.34. The minimum atomic E-state index is -1.43. The maximum absolute atomic E-state index is 13.3. The van der Waals surface area contributed by atoms with Gasteiger partial charge in [-0.15, -0.1) is 0 Å². The van der Waals surface area contributed by atoms with E-state index in [9.17, 15) is 14.7 Å². The van der Waals surface area contributed by atoms with Crippen molar-refractivity contribution in [2.45, 2.75) is 57.5 Å². The third-order valence-electron chi connectivity index (χ3n) is 6.32. The van der Waals surface area contributed by atoms with Gasteiger partial charge in [-0.05, 0) is 37.6 Å². The van der Waals surface area contributed by atoms with Gasteiger partial charge in [0.1, 0.15) is 11.4 Å². The molecular formula is C21H35N5O3. The van der Waals surface area contributed by atoms with Gasteiger partial charge in [0, 0.05) is 12.7 Å². The van der Waals surface area contributed by atoms with E-state index in [1.54, 1.807) is 30.3 Å².